The van der Waals surface area contributed by atoms with Gasteiger partial charge in [0.1, 0.15) is 17.2 Å². The van der Waals surface area contributed by atoms with Crippen molar-refractivity contribution in [1.29, 1.82) is 5.26 Å². The van der Waals surface area contributed by atoms with Crippen molar-refractivity contribution in [2.45, 2.75) is 37.2 Å². The van der Waals surface area contributed by atoms with E-state index in [1.165, 1.54) is 11.8 Å². The van der Waals surface area contributed by atoms with Gasteiger partial charge in [-0.05, 0) is 61.4 Å². The van der Waals surface area contributed by atoms with Crippen LogP contribution in [0.4, 0.5) is 23.3 Å². The second-order valence-electron chi connectivity index (χ2n) is 9.94. The number of rotatable bonds is 9. The van der Waals surface area contributed by atoms with Crippen LogP contribution in [0, 0.1) is 17.2 Å². The fourth-order valence-electron chi connectivity index (χ4n) is 4.82. The number of hydrogen-bond donors (Lipinski definition) is 4. The lowest BCUT2D eigenvalue weighted by atomic mass is 9.79. The Kier molecular flexibility index (Phi) is 7.81. The van der Waals surface area contributed by atoms with Crippen molar-refractivity contribution in [3.8, 4) is 6.07 Å². The van der Waals surface area contributed by atoms with E-state index in [-0.39, 0.29) is 36.4 Å². The van der Waals surface area contributed by atoms with Crippen molar-refractivity contribution in [3.63, 3.8) is 0 Å². The van der Waals surface area contributed by atoms with Gasteiger partial charge < -0.3 is 25.8 Å². The summed E-state index contributed by atoms with van der Waals surface area (Å²) in [6.07, 6.45) is 6.99. The molecule has 1 saturated carbocycles. The molecule has 10 heteroatoms. The maximum Gasteiger partial charge on any atom is 0.256 e. The van der Waals surface area contributed by atoms with E-state index < -0.39 is 5.60 Å². The summed E-state index contributed by atoms with van der Waals surface area (Å²) < 4.78 is 5.15. The third-order valence-corrected chi connectivity index (χ3v) is 7.14. The molecule has 0 atom stereocenters. The summed E-state index contributed by atoms with van der Waals surface area (Å²) in [6, 6.07) is 15.8. The summed E-state index contributed by atoms with van der Waals surface area (Å²) in [5.74, 6) is 1.28. The summed E-state index contributed by atoms with van der Waals surface area (Å²) in [7, 11) is 0. The van der Waals surface area contributed by atoms with E-state index >= 15 is 0 Å². The molecule has 0 spiro atoms. The fourth-order valence-corrected chi connectivity index (χ4v) is 4.82. The Morgan fingerprint density at radius 3 is 2.56 bits per heavy atom. The van der Waals surface area contributed by atoms with E-state index in [0.29, 0.717) is 29.9 Å². The molecular weight excluding hydrogens is 494 g/mol. The molecule has 200 valence electrons. The third-order valence-electron chi connectivity index (χ3n) is 7.14. The zero-order valence-electron chi connectivity index (χ0n) is 21.6. The largest absolute Gasteiger partial charge is 0.379 e. The van der Waals surface area contributed by atoms with E-state index in [4.69, 9.17) is 10.00 Å². The number of aromatic nitrogens is 3. The highest BCUT2D eigenvalue weighted by atomic mass is 16.5. The van der Waals surface area contributed by atoms with Crippen LogP contribution in [0.3, 0.4) is 0 Å². The van der Waals surface area contributed by atoms with Gasteiger partial charge >= 0.3 is 0 Å². The Morgan fingerprint density at radius 1 is 1.13 bits per heavy atom. The average molecular weight is 526 g/mol. The maximum atomic E-state index is 12.8. The molecule has 4 N–H and O–H groups in total. The molecule has 39 heavy (non-hydrogen) atoms. The molecule has 0 bridgehead atoms. The predicted molar refractivity (Wildman–Crippen MR) is 147 cm³/mol. The van der Waals surface area contributed by atoms with Gasteiger partial charge in [-0.1, -0.05) is 24.3 Å². The highest BCUT2D eigenvalue weighted by molar-refractivity contribution is 5.99. The lowest BCUT2D eigenvalue weighted by Crippen LogP contribution is -2.47. The molecule has 1 aliphatic carbocycles. The van der Waals surface area contributed by atoms with Gasteiger partial charge in [0.2, 0.25) is 5.95 Å². The van der Waals surface area contributed by atoms with E-state index in [9.17, 15) is 9.90 Å². The predicted octanol–water partition coefficient (Wildman–Crippen LogP) is 4.29. The molecular formula is C29H31N7O3. The Balaban J connectivity index is 1.35. The standard InChI is InChI=1S/C29H31N7O3/c1-2-14-31-27(37)23-16-32-28(33-22-12-10-21(11-13-22)20-8-6-19(15-30)7-9-20)36-26(23)35-25-5-3-4-24(34-25)29(38)17-39-18-29/h2-5,10-13,16,19-20,38H,1,6-9,14,17-18H2,(H,31,37)(H2,32,33,34,35,36). The SMILES string of the molecule is C=CCNC(=O)c1cnc(Nc2ccc(C3CCC(C#N)CC3)cc2)nc1Nc1cccc(C2(O)COC2)n1. The molecule has 1 saturated heterocycles. The molecule has 1 aliphatic heterocycles. The summed E-state index contributed by atoms with van der Waals surface area (Å²) in [4.78, 5) is 26.2. The first-order valence-corrected chi connectivity index (χ1v) is 13.0. The van der Waals surface area contributed by atoms with Crippen LogP contribution in [-0.4, -0.2) is 45.7 Å². The summed E-state index contributed by atoms with van der Waals surface area (Å²) >= 11 is 0. The van der Waals surface area contributed by atoms with Gasteiger partial charge in [0, 0.05) is 24.3 Å². The van der Waals surface area contributed by atoms with E-state index in [2.05, 4.69) is 55.7 Å². The monoisotopic (exact) mass is 525 g/mol. The maximum absolute atomic E-state index is 12.8. The van der Waals surface area contributed by atoms with Crippen molar-refractivity contribution in [2.24, 2.45) is 5.92 Å². The molecule has 1 amide bonds. The summed E-state index contributed by atoms with van der Waals surface area (Å²) in [5, 5.41) is 28.8. The molecule has 3 aromatic rings. The topological polar surface area (TPSA) is 145 Å². The molecule has 2 aliphatic rings. The zero-order valence-corrected chi connectivity index (χ0v) is 21.6. The van der Waals surface area contributed by atoms with Gasteiger partial charge in [-0.15, -0.1) is 6.58 Å². The summed E-state index contributed by atoms with van der Waals surface area (Å²) in [6.45, 7) is 4.30. The lowest BCUT2D eigenvalue weighted by Gasteiger charge is -2.35. The first-order chi connectivity index (χ1) is 19.0. The highest BCUT2D eigenvalue weighted by Crippen LogP contribution is 2.36. The quantitative estimate of drug-likeness (QED) is 0.301. The third kappa shape index (κ3) is 6.06. The number of carbonyl (C=O) groups excluding carboxylic acids is 1. The number of carbonyl (C=O) groups is 1. The Morgan fingerprint density at radius 2 is 1.90 bits per heavy atom. The number of aliphatic hydroxyl groups is 1. The first kappa shape index (κ1) is 26.3. The normalized spacial score (nSPS) is 19.7. The Labute approximate surface area is 227 Å². The number of nitrogens with zero attached hydrogens (tertiary/aromatic N) is 4. The van der Waals surface area contributed by atoms with Crippen molar-refractivity contribution in [1.82, 2.24) is 20.3 Å². The molecule has 0 unspecified atom stereocenters. The van der Waals surface area contributed by atoms with Crippen LogP contribution in [0.5, 0.6) is 0 Å². The van der Waals surface area contributed by atoms with Crippen LogP contribution in [0.15, 0.2) is 61.3 Å². The van der Waals surface area contributed by atoms with Crippen LogP contribution in [0.2, 0.25) is 0 Å². The van der Waals surface area contributed by atoms with E-state index in [1.54, 1.807) is 24.3 Å². The molecule has 5 rings (SSSR count). The first-order valence-electron chi connectivity index (χ1n) is 13.0. The number of amides is 1. The van der Waals surface area contributed by atoms with Crippen molar-refractivity contribution in [3.05, 3.63) is 78.1 Å². The van der Waals surface area contributed by atoms with Gasteiger partial charge in [0.25, 0.3) is 5.91 Å². The molecule has 10 nitrogen and oxygen atoms in total. The van der Waals surface area contributed by atoms with Gasteiger partial charge in [-0.25, -0.2) is 9.97 Å². The fraction of sp³-hybridized carbons (Fsp3) is 0.345. The van der Waals surface area contributed by atoms with Crippen molar-refractivity contribution >= 4 is 29.2 Å². The number of benzene rings is 1. The Bertz CT molecular complexity index is 1370. The smallest absolute Gasteiger partial charge is 0.256 e. The van der Waals surface area contributed by atoms with Gasteiger partial charge in [-0.2, -0.15) is 10.2 Å². The van der Waals surface area contributed by atoms with Crippen LogP contribution < -0.4 is 16.0 Å². The number of ether oxygens (including phenoxy) is 1. The average Bonchev–Trinajstić information content (AvgIpc) is 2.95. The molecule has 2 aromatic heterocycles. The van der Waals surface area contributed by atoms with E-state index in [1.807, 2.05) is 12.1 Å². The number of nitrogens with one attached hydrogen (secondary N) is 3. The molecule has 2 fully saturated rings. The minimum Gasteiger partial charge on any atom is -0.379 e. The van der Waals surface area contributed by atoms with Gasteiger partial charge in [0.15, 0.2) is 5.60 Å². The molecule has 1 aromatic carbocycles. The van der Waals surface area contributed by atoms with Crippen molar-refractivity contribution in [2.75, 3.05) is 30.4 Å². The lowest BCUT2D eigenvalue weighted by molar-refractivity contribution is -0.186. The minimum absolute atomic E-state index is 0.179. The van der Waals surface area contributed by atoms with Gasteiger partial charge in [0.05, 0.1) is 25.0 Å². The number of anilines is 4. The van der Waals surface area contributed by atoms with Crippen molar-refractivity contribution < 1.29 is 14.6 Å². The number of pyridine rings is 1. The zero-order chi connectivity index (χ0) is 27.2. The second-order valence-corrected chi connectivity index (χ2v) is 9.94. The molecule has 3 heterocycles. The van der Waals surface area contributed by atoms with Crippen LogP contribution in [0.25, 0.3) is 0 Å². The van der Waals surface area contributed by atoms with Gasteiger partial charge in [-0.3, -0.25) is 4.79 Å². The molecule has 0 radical (unpaired) electrons. The number of hydrogen-bond acceptors (Lipinski definition) is 9. The van der Waals surface area contributed by atoms with Crippen LogP contribution in [0.1, 0.15) is 53.2 Å². The second kappa shape index (κ2) is 11.6. The van der Waals surface area contributed by atoms with E-state index in [0.717, 1.165) is 31.4 Å². The van der Waals surface area contributed by atoms with Crippen LogP contribution in [-0.2, 0) is 10.3 Å². The summed E-state index contributed by atoms with van der Waals surface area (Å²) in [5.41, 5.74) is 1.67. The highest BCUT2D eigenvalue weighted by Gasteiger charge is 2.39. The number of nitriles is 1. The minimum atomic E-state index is -1.12. The van der Waals surface area contributed by atoms with Crippen LogP contribution >= 0.6 is 0 Å². The Hall–Kier alpha value is -4.33.